The standard InChI is InChI=1S/C17H22ClN5OS/c1-11-6-8-22(9-7-11)16(24)12(2)25-17-21-20-15(23(17)19)13-4-3-5-14(18)10-13/h3-5,10-12H,6-9,19H2,1-2H3. The molecular formula is C17H22ClN5OS. The number of piperidine rings is 1. The number of rotatable bonds is 4. The maximum absolute atomic E-state index is 12.6. The maximum Gasteiger partial charge on any atom is 0.235 e. The fourth-order valence-corrected chi connectivity index (χ4v) is 3.92. The topological polar surface area (TPSA) is 77.0 Å². The first-order valence-corrected chi connectivity index (χ1v) is 9.63. The minimum absolute atomic E-state index is 0.129. The molecule has 1 saturated heterocycles. The molecule has 3 rings (SSSR count). The summed E-state index contributed by atoms with van der Waals surface area (Å²) in [6.07, 6.45) is 2.13. The van der Waals surface area contributed by atoms with Gasteiger partial charge in [0, 0.05) is 23.7 Å². The van der Waals surface area contributed by atoms with Gasteiger partial charge in [-0.25, -0.2) is 4.68 Å². The lowest BCUT2D eigenvalue weighted by Crippen LogP contribution is -2.41. The highest BCUT2D eigenvalue weighted by atomic mass is 35.5. The van der Waals surface area contributed by atoms with E-state index in [9.17, 15) is 4.79 Å². The average Bonchev–Trinajstić information content (AvgIpc) is 2.95. The third-order valence-corrected chi connectivity index (χ3v) is 5.75. The van der Waals surface area contributed by atoms with Gasteiger partial charge in [0.1, 0.15) is 0 Å². The van der Waals surface area contributed by atoms with E-state index >= 15 is 0 Å². The molecule has 1 aromatic heterocycles. The van der Waals surface area contributed by atoms with Crippen LogP contribution in [0.4, 0.5) is 0 Å². The molecule has 6 nitrogen and oxygen atoms in total. The van der Waals surface area contributed by atoms with Crippen molar-refractivity contribution in [1.82, 2.24) is 19.8 Å². The quantitative estimate of drug-likeness (QED) is 0.652. The number of nitrogen functional groups attached to an aromatic ring is 1. The van der Waals surface area contributed by atoms with Crippen molar-refractivity contribution < 1.29 is 4.79 Å². The van der Waals surface area contributed by atoms with E-state index in [1.807, 2.05) is 24.0 Å². The molecule has 134 valence electrons. The summed E-state index contributed by atoms with van der Waals surface area (Å²) >= 11 is 7.35. The molecule has 2 N–H and O–H groups in total. The second-order valence-corrected chi connectivity index (χ2v) is 8.20. The summed E-state index contributed by atoms with van der Waals surface area (Å²) in [4.78, 5) is 14.6. The lowest BCUT2D eigenvalue weighted by atomic mass is 9.99. The number of nitrogens with two attached hydrogens (primary N) is 1. The Kier molecular flexibility index (Phi) is 5.54. The highest BCUT2D eigenvalue weighted by Crippen LogP contribution is 2.27. The largest absolute Gasteiger partial charge is 0.342 e. The summed E-state index contributed by atoms with van der Waals surface area (Å²) in [6, 6.07) is 7.28. The van der Waals surface area contributed by atoms with Crippen LogP contribution in [0.1, 0.15) is 26.7 Å². The first-order valence-electron chi connectivity index (χ1n) is 8.37. The number of amides is 1. The second-order valence-electron chi connectivity index (χ2n) is 6.45. The van der Waals surface area contributed by atoms with E-state index in [0.717, 1.165) is 31.5 Å². The van der Waals surface area contributed by atoms with Gasteiger partial charge in [0.05, 0.1) is 5.25 Å². The molecule has 0 bridgehead atoms. The van der Waals surface area contributed by atoms with E-state index in [-0.39, 0.29) is 11.2 Å². The number of nitrogens with zero attached hydrogens (tertiary/aromatic N) is 4. The molecular weight excluding hydrogens is 358 g/mol. The van der Waals surface area contributed by atoms with Gasteiger partial charge in [-0.2, -0.15) is 0 Å². The van der Waals surface area contributed by atoms with Gasteiger partial charge >= 0.3 is 0 Å². The Morgan fingerprint density at radius 3 is 2.76 bits per heavy atom. The van der Waals surface area contributed by atoms with E-state index < -0.39 is 0 Å². The fraction of sp³-hybridized carbons (Fsp3) is 0.471. The molecule has 1 unspecified atom stereocenters. The molecule has 1 amide bonds. The number of carbonyl (C=O) groups is 1. The van der Waals surface area contributed by atoms with Gasteiger partial charge in [0.25, 0.3) is 0 Å². The van der Waals surface area contributed by atoms with Crippen molar-refractivity contribution in [3.05, 3.63) is 29.3 Å². The van der Waals surface area contributed by atoms with E-state index in [2.05, 4.69) is 17.1 Å². The van der Waals surface area contributed by atoms with Crippen LogP contribution in [0.5, 0.6) is 0 Å². The SMILES string of the molecule is CC1CCN(C(=O)C(C)Sc2nnc(-c3cccc(Cl)c3)n2N)CC1. The monoisotopic (exact) mass is 379 g/mol. The van der Waals surface area contributed by atoms with Crippen LogP contribution in [0.15, 0.2) is 29.4 Å². The first kappa shape index (κ1) is 18.1. The smallest absolute Gasteiger partial charge is 0.235 e. The van der Waals surface area contributed by atoms with Crippen LogP contribution in [0.25, 0.3) is 11.4 Å². The van der Waals surface area contributed by atoms with Crippen LogP contribution >= 0.6 is 23.4 Å². The maximum atomic E-state index is 12.6. The lowest BCUT2D eigenvalue weighted by Gasteiger charge is -2.31. The van der Waals surface area contributed by atoms with E-state index in [4.69, 9.17) is 17.4 Å². The number of thioether (sulfide) groups is 1. The van der Waals surface area contributed by atoms with Crippen molar-refractivity contribution in [3.8, 4) is 11.4 Å². The zero-order valence-electron chi connectivity index (χ0n) is 14.4. The molecule has 2 heterocycles. The number of likely N-dealkylation sites (tertiary alicyclic amines) is 1. The molecule has 1 aromatic carbocycles. The average molecular weight is 380 g/mol. The number of aromatic nitrogens is 3. The van der Waals surface area contributed by atoms with Crippen LogP contribution in [0.3, 0.4) is 0 Å². The second kappa shape index (κ2) is 7.66. The molecule has 1 atom stereocenters. The highest BCUT2D eigenvalue weighted by Gasteiger charge is 2.26. The predicted molar refractivity (Wildman–Crippen MR) is 101 cm³/mol. The number of hydrogen-bond acceptors (Lipinski definition) is 5. The van der Waals surface area contributed by atoms with Crippen LogP contribution in [-0.4, -0.2) is 44.0 Å². The van der Waals surface area contributed by atoms with E-state index in [0.29, 0.717) is 21.9 Å². The van der Waals surface area contributed by atoms with Gasteiger partial charge < -0.3 is 10.7 Å². The Labute approximate surface area is 156 Å². The Balaban J connectivity index is 1.70. The van der Waals surface area contributed by atoms with Crippen LogP contribution in [0, 0.1) is 5.92 Å². The Hall–Kier alpha value is -1.73. The molecule has 0 aliphatic carbocycles. The molecule has 1 aliphatic heterocycles. The van der Waals surface area contributed by atoms with Gasteiger partial charge in [-0.15, -0.1) is 10.2 Å². The van der Waals surface area contributed by atoms with Gasteiger partial charge in [0.2, 0.25) is 11.1 Å². The molecule has 0 spiro atoms. The minimum atomic E-state index is -0.257. The van der Waals surface area contributed by atoms with Crippen molar-refractivity contribution in [3.63, 3.8) is 0 Å². The van der Waals surface area contributed by atoms with Crippen LogP contribution < -0.4 is 5.84 Å². The molecule has 0 radical (unpaired) electrons. The summed E-state index contributed by atoms with van der Waals surface area (Å²) in [5.41, 5.74) is 0.790. The van der Waals surface area contributed by atoms with Gasteiger partial charge in [-0.1, -0.05) is 42.4 Å². The van der Waals surface area contributed by atoms with Crippen molar-refractivity contribution in [2.45, 2.75) is 37.1 Å². The molecule has 0 saturated carbocycles. The summed E-state index contributed by atoms with van der Waals surface area (Å²) < 4.78 is 1.42. The highest BCUT2D eigenvalue weighted by molar-refractivity contribution is 8.00. The normalized spacial score (nSPS) is 16.8. The molecule has 25 heavy (non-hydrogen) atoms. The summed E-state index contributed by atoms with van der Waals surface area (Å²) in [5, 5.41) is 9.15. The third kappa shape index (κ3) is 4.10. The molecule has 1 fully saturated rings. The summed E-state index contributed by atoms with van der Waals surface area (Å²) in [7, 11) is 0. The van der Waals surface area contributed by atoms with E-state index in [1.54, 1.807) is 12.1 Å². The summed E-state index contributed by atoms with van der Waals surface area (Å²) in [6.45, 7) is 5.77. The van der Waals surface area contributed by atoms with Gasteiger partial charge in [-0.3, -0.25) is 4.79 Å². The molecule has 1 aliphatic rings. The van der Waals surface area contributed by atoms with Crippen molar-refractivity contribution in [1.29, 1.82) is 0 Å². The Morgan fingerprint density at radius 1 is 1.36 bits per heavy atom. The predicted octanol–water partition coefficient (Wildman–Crippen LogP) is 3.05. The fourth-order valence-electron chi connectivity index (χ4n) is 2.88. The van der Waals surface area contributed by atoms with E-state index in [1.165, 1.54) is 16.4 Å². The number of halogens is 1. The van der Waals surface area contributed by atoms with Crippen LogP contribution in [-0.2, 0) is 4.79 Å². The number of benzene rings is 1. The van der Waals surface area contributed by atoms with Gasteiger partial charge in [0.15, 0.2) is 5.82 Å². The lowest BCUT2D eigenvalue weighted by molar-refractivity contribution is -0.131. The van der Waals surface area contributed by atoms with Crippen molar-refractivity contribution in [2.24, 2.45) is 5.92 Å². The minimum Gasteiger partial charge on any atom is -0.342 e. The van der Waals surface area contributed by atoms with Crippen molar-refractivity contribution in [2.75, 3.05) is 18.9 Å². The Bertz CT molecular complexity index is 757. The number of carbonyl (C=O) groups excluding carboxylic acids is 1. The summed E-state index contributed by atoms with van der Waals surface area (Å²) in [5.74, 6) is 7.48. The molecule has 2 aromatic rings. The zero-order valence-corrected chi connectivity index (χ0v) is 15.9. The van der Waals surface area contributed by atoms with Crippen LogP contribution in [0.2, 0.25) is 5.02 Å². The Morgan fingerprint density at radius 2 is 2.08 bits per heavy atom. The zero-order chi connectivity index (χ0) is 18.0. The van der Waals surface area contributed by atoms with Gasteiger partial charge in [-0.05, 0) is 37.8 Å². The molecule has 8 heteroatoms. The third-order valence-electron chi connectivity index (χ3n) is 4.47. The first-order chi connectivity index (χ1) is 12.0. The van der Waals surface area contributed by atoms with Crippen molar-refractivity contribution >= 4 is 29.3 Å². The number of hydrogen-bond donors (Lipinski definition) is 1.